The van der Waals surface area contributed by atoms with Gasteiger partial charge >= 0.3 is 0 Å². The third-order valence-corrected chi connectivity index (χ3v) is 8.97. The van der Waals surface area contributed by atoms with Crippen molar-refractivity contribution in [2.75, 3.05) is 89.3 Å². The van der Waals surface area contributed by atoms with E-state index in [0.29, 0.717) is 83.2 Å². The Hall–Kier alpha value is -3.65. The first-order valence-corrected chi connectivity index (χ1v) is 18.2. The van der Waals surface area contributed by atoms with E-state index in [9.17, 15) is 9.18 Å². The predicted molar refractivity (Wildman–Crippen MR) is 200 cm³/mol. The van der Waals surface area contributed by atoms with Crippen molar-refractivity contribution in [3.63, 3.8) is 0 Å². The molecule has 2 aromatic carbocycles. The number of benzene rings is 2. The fraction of sp³-hybridized carbons (Fsp3) is 0.500. The van der Waals surface area contributed by atoms with Crippen molar-refractivity contribution in [2.24, 2.45) is 10.7 Å². The van der Waals surface area contributed by atoms with E-state index >= 15 is 0 Å². The molecule has 2 aliphatic rings. The average molecular weight is 725 g/mol. The topological polar surface area (TPSA) is 133 Å². The lowest BCUT2D eigenvalue weighted by molar-refractivity contribution is -0.122. The van der Waals surface area contributed by atoms with Crippen molar-refractivity contribution in [3.05, 3.63) is 70.1 Å². The van der Waals surface area contributed by atoms with Gasteiger partial charge in [-0.2, -0.15) is 0 Å². The van der Waals surface area contributed by atoms with E-state index in [-0.39, 0.29) is 24.2 Å². The summed E-state index contributed by atoms with van der Waals surface area (Å²) in [5, 5.41) is 7.07. The first-order valence-electron chi connectivity index (χ1n) is 17.8. The molecule has 276 valence electrons. The highest BCUT2D eigenvalue weighted by molar-refractivity contribution is 6.31. The molecule has 5 rings (SSSR count). The van der Waals surface area contributed by atoms with Crippen molar-refractivity contribution in [1.29, 1.82) is 0 Å². The van der Waals surface area contributed by atoms with Crippen LogP contribution in [0.1, 0.15) is 42.9 Å². The summed E-state index contributed by atoms with van der Waals surface area (Å²) >= 11 is 6.36. The van der Waals surface area contributed by atoms with Crippen molar-refractivity contribution in [1.82, 2.24) is 10.3 Å². The lowest BCUT2D eigenvalue weighted by Gasteiger charge is -2.35. The van der Waals surface area contributed by atoms with E-state index in [1.54, 1.807) is 12.3 Å². The Morgan fingerprint density at radius 1 is 0.980 bits per heavy atom. The molecule has 0 radical (unpaired) electrons. The highest BCUT2D eigenvalue weighted by Crippen LogP contribution is 2.42. The number of fused-ring (bicyclic) bond motifs is 1. The molecule has 4 N–H and O–H groups in total. The Labute approximate surface area is 305 Å². The number of rotatable bonds is 20. The van der Waals surface area contributed by atoms with E-state index in [4.69, 9.17) is 46.3 Å². The third kappa shape index (κ3) is 11.4. The molecular weight excluding hydrogens is 675 g/mol. The molecule has 1 aromatic heterocycles. The molecule has 0 bridgehead atoms. The highest BCUT2D eigenvalue weighted by atomic mass is 35.5. The monoisotopic (exact) mass is 724 g/mol. The quantitative estimate of drug-likeness (QED) is 0.130. The second-order valence-electron chi connectivity index (χ2n) is 12.7. The van der Waals surface area contributed by atoms with Crippen LogP contribution in [0.25, 0.3) is 11.1 Å². The van der Waals surface area contributed by atoms with E-state index in [1.165, 1.54) is 6.07 Å². The fourth-order valence-corrected chi connectivity index (χ4v) is 6.41. The molecule has 0 spiro atoms. The SMILES string of the molecule is CCOCCOCCOCCOCCC(=O)NCCNc1ncc(-c2cc(C)cc(F)c2)c(N2CCC(N)CC2)c1C1=Nc2ccc(Cl)cc2C1. The number of aryl methyl sites for hydroxylation is 1. The molecule has 1 fully saturated rings. The number of anilines is 2. The minimum Gasteiger partial charge on any atom is -0.379 e. The number of hydrogen-bond acceptors (Lipinski definition) is 10. The van der Waals surface area contributed by atoms with Crippen LogP contribution in [0.3, 0.4) is 0 Å². The number of nitrogens with zero attached hydrogens (tertiary/aromatic N) is 3. The molecular formula is C38H50ClFN6O5. The first kappa shape index (κ1) is 38.6. The van der Waals surface area contributed by atoms with Crippen LogP contribution >= 0.6 is 11.6 Å². The number of carbonyl (C=O) groups is 1. The number of hydrogen-bond donors (Lipinski definition) is 3. The van der Waals surface area contributed by atoms with Gasteiger partial charge in [0.15, 0.2) is 0 Å². The summed E-state index contributed by atoms with van der Waals surface area (Å²) < 4.78 is 36.4. The zero-order chi connectivity index (χ0) is 36.0. The van der Waals surface area contributed by atoms with Gasteiger partial charge < -0.3 is 40.2 Å². The molecule has 3 heterocycles. The van der Waals surface area contributed by atoms with Gasteiger partial charge in [-0.1, -0.05) is 17.7 Å². The van der Waals surface area contributed by atoms with Gasteiger partial charge in [0.1, 0.15) is 11.6 Å². The van der Waals surface area contributed by atoms with E-state index in [1.807, 2.05) is 38.1 Å². The van der Waals surface area contributed by atoms with E-state index in [0.717, 1.165) is 70.8 Å². The van der Waals surface area contributed by atoms with Gasteiger partial charge in [0.2, 0.25) is 5.91 Å². The molecule has 1 saturated heterocycles. The van der Waals surface area contributed by atoms with Gasteiger partial charge in [0.25, 0.3) is 0 Å². The Bertz CT molecular complexity index is 1610. The molecule has 2 aliphatic heterocycles. The summed E-state index contributed by atoms with van der Waals surface area (Å²) in [5.74, 6) is 0.236. The van der Waals surface area contributed by atoms with Gasteiger partial charge in [-0.25, -0.2) is 9.37 Å². The van der Waals surface area contributed by atoms with Crippen LogP contribution in [0.5, 0.6) is 0 Å². The van der Waals surface area contributed by atoms with E-state index in [2.05, 4.69) is 15.5 Å². The smallest absolute Gasteiger partial charge is 0.222 e. The highest BCUT2D eigenvalue weighted by Gasteiger charge is 2.29. The number of halogens is 2. The first-order chi connectivity index (χ1) is 24.8. The molecule has 0 aliphatic carbocycles. The standard InChI is InChI=1S/C38H50ClFN6O5/c1-3-48-14-15-50-18-19-51-17-16-49-13-8-35(47)42-9-10-43-38-36(34-24-28-22-29(39)4-5-33(28)45-34)37(46-11-6-31(41)7-12-46)32(25-44-38)27-20-26(2)21-30(40)23-27/h4-5,20-23,25,31H,3,6-19,24,41H2,1-2H3,(H,42,47)(H,43,44). The molecule has 51 heavy (non-hydrogen) atoms. The maximum absolute atomic E-state index is 14.8. The average Bonchev–Trinajstić information content (AvgIpc) is 3.53. The normalized spacial score (nSPS) is 14.5. The number of carbonyl (C=O) groups excluding carboxylic acids is 1. The summed E-state index contributed by atoms with van der Waals surface area (Å²) in [6.07, 6.45) is 4.29. The van der Waals surface area contributed by atoms with Crippen LogP contribution in [-0.4, -0.2) is 102 Å². The summed E-state index contributed by atoms with van der Waals surface area (Å²) in [7, 11) is 0. The van der Waals surface area contributed by atoms with Crippen LogP contribution in [0, 0.1) is 12.7 Å². The summed E-state index contributed by atoms with van der Waals surface area (Å²) in [6, 6.07) is 10.9. The molecule has 1 amide bonds. The number of aliphatic imine (C=N–C) groups is 1. The Balaban J connectivity index is 1.23. The Kier molecular flexibility index (Phi) is 15.0. The van der Waals surface area contributed by atoms with Crippen molar-refractivity contribution < 1.29 is 28.1 Å². The predicted octanol–water partition coefficient (Wildman–Crippen LogP) is 5.46. The van der Waals surface area contributed by atoms with Crippen molar-refractivity contribution in [2.45, 2.75) is 45.6 Å². The molecule has 3 aromatic rings. The van der Waals surface area contributed by atoms with Crippen LogP contribution in [0.2, 0.25) is 5.02 Å². The maximum Gasteiger partial charge on any atom is 0.222 e. The minimum atomic E-state index is -0.301. The lowest BCUT2D eigenvalue weighted by atomic mass is 9.94. The van der Waals surface area contributed by atoms with Crippen LogP contribution in [0.15, 0.2) is 47.6 Å². The number of nitrogens with one attached hydrogen (secondary N) is 2. The third-order valence-electron chi connectivity index (χ3n) is 8.74. The number of piperidine rings is 1. The van der Waals surface area contributed by atoms with Crippen LogP contribution < -0.4 is 21.3 Å². The minimum absolute atomic E-state index is 0.108. The molecule has 0 atom stereocenters. The molecule has 11 nitrogen and oxygen atoms in total. The zero-order valence-corrected chi connectivity index (χ0v) is 30.4. The second-order valence-corrected chi connectivity index (χ2v) is 13.1. The fourth-order valence-electron chi connectivity index (χ4n) is 6.22. The van der Waals surface area contributed by atoms with Crippen molar-refractivity contribution in [3.8, 4) is 11.1 Å². The Morgan fingerprint density at radius 2 is 1.69 bits per heavy atom. The summed E-state index contributed by atoms with van der Waals surface area (Å²) in [5.41, 5.74) is 13.3. The van der Waals surface area contributed by atoms with Gasteiger partial charge in [-0.3, -0.25) is 9.79 Å². The number of nitrogens with two attached hydrogens (primary N) is 1. The molecule has 0 saturated carbocycles. The zero-order valence-electron chi connectivity index (χ0n) is 29.6. The second kappa shape index (κ2) is 19.8. The molecule has 13 heteroatoms. The van der Waals surface area contributed by atoms with Gasteiger partial charge in [-0.05, 0) is 73.7 Å². The van der Waals surface area contributed by atoms with Gasteiger partial charge in [-0.15, -0.1) is 0 Å². The number of aromatic nitrogens is 1. The van der Waals surface area contributed by atoms with Crippen molar-refractivity contribution >= 4 is 40.4 Å². The van der Waals surface area contributed by atoms with Crippen LogP contribution in [0.4, 0.5) is 21.6 Å². The number of pyridine rings is 1. The summed E-state index contributed by atoms with van der Waals surface area (Å²) in [6.45, 7) is 10.1. The number of ether oxygens (including phenoxy) is 4. The Morgan fingerprint density at radius 3 is 2.39 bits per heavy atom. The summed E-state index contributed by atoms with van der Waals surface area (Å²) in [4.78, 5) is 24.8. The van der Waals surface area contributed by atoms with Crippen LogP contribution in [-0.2, 0) is 30.2 Å². The molecule has 0 unspecified atom stereocenters. The largest absolute Gasteiger partial charge is 0.379 e. The van der Waals surface area contributed by atoms with Gasteiger partial charge in [0, 0.05) is 68.5 Å². The lowest BCUT2D eigenvalue weighted by Crippen LogP contribution is -2.40. The number of amides is 1. The maximum atomic E-state index is 14.8. The van der Waals surface area contributed by atoms with Gasteiger partial charge in [0.05, 0.1) is 68.9 Å². The van der Waals surface area contributed by atoms with E-state index < -0.39 is 0 Å².